The predicted octanol–water partition coefficient (Wildman–Crippen LogP) is 6.13. The topological polar surface area (TPSA) is 9.23 Å². The summed E-state index contributed by atoms with van der Waals surface area (Å²) >= 11 is 4.50. The van der Waals surface area contributed by atoms with Gasteiger partial charge in [0.05, 0.1) is 6.61 Å². The van der Waals surface area contributed by atoms with E-state index in [0.29, 0.717) is 0 Å². The van der Waals surface area contributed by atoms with E-state index < -0.39 is 0 Å². The minimum Gasteiger partial charge on any atom is -0.494 e. The molecule has 1 nitrogen and oxygen atoms in total. The first-order valence-electron chi connectivity index (χ1n) is 6.74. The highest BCUT2D eigenvalue weighted by atomic mass is 127. The number of rotatable bonds is 3. The lowest BCUT2D eigenvalue weighted by Gasteiger charge is -2.05. The highest BCUT2D eigenvalue weighted by Gasteiger charge is 1.96. The summed E-state index contributed by atoms with van der Waals surface area (Å²) in [5.41, 5.74) is 2.28. The van der Waals surface area contributed by atoms with Crippen molar-refractivity contribution in [1.82, 2.24) is 0 Å². The van der Waals surface area contributed by atoms with Crippen molar-refractivity contribution in [2.45, 2.75) is 27.2 Å². The Bertz CT molecular complexity index is 585. The predicted molar refractivity (Wildman–Crippen MR) is 104 cm³/mol. The normalized spacial score (nSPS) is 9.81. The molecule has 2 aromatic rings. The summed E-state index contributed by atoms with van der Waals surface area (Å²) in [6, 6.07) is 10.9. The van der Waals surface area contributed by atoms with Crippen LogP contribution >= 0.6 is 45.2 Å². The lowest BCUT2D eigenvalue weighted by molar-refractivity contribution is 0.317. The van der Waals surface area contributed by atoms with Gasteiger partial charge < -0.3 is 4.74 Å². The molecule has 2 rings (SSSR count). The first kappa shape index (κ1) is 18.7. The molecule has 0 aromatic heterocycles. The average molecular weight is 512 g/mol. The molecule has 0 atom stereocenters. The van der Waals surface area contributed by atoms with Crippen molar-refractivity contribution >= 4 is 45.2 Å². The van der Waals surface area contributed by atoms with Gasteiger partial charge in [-0.25, -0.2) is 4.39 Å². The van der Waals surface area contributed by atoms with Gasteiger partial charge in [-0.15, -0.1) is 0 Å². The van der Waals surface area contributed by atoms with Gasteiger partial charge in [-0.3, -0.25) is 0 Å². The molecule has 4 heteroatoms. The van der Waals surface area contributed by atoms with Gasteiger partial charge in [0.1, 0.15) is 11.6 Å². The van der Waals surface area contributed by atoms with Crippen molar-refractivity contribution in [3.8, 4) is 5.75 Å². The van der Waals surface area contributed by atoms with Gasteiger partial charge in [-0.2, -0.15) is 0 Å². The molecule has 0 aliphatic carbocycles. The van der Waals surface area contributed by atoms with Crippen molar-refractivity contribution in [1.29, 1.82) is 0 Å². The SMILES string of the molecule is CCCOc1ccc(I)c(C)c1.Cc1cc(F)ccc1I. The van der Waals surface area contributed by atoms with E-state index in [9.17, 15) is 4.39 Å². The van der Waals surface area contributed by atoms with Crippen molar-refractivity contribution in [3.63, 3.8) is 0 Å². The molecule has 0 radical (unpaired) electrons. The Morgan fingerprint density at radius 2 is 1.52 bits per heavy atom. The van der Waals surface area contributed by atoms with E-state index in [1.165, 1.54) is 21.3 Å². The fraction of sp³-hybridized carbons (Fsp3) is 0.294. The number of hydrogen-bond acceptors (Lipinski definition) is 1. The molecule has 0 bridgehead atoms. The smallest absolute Gasteiger partial charge is 0.123 e. The van der Waals surface area contributed by atoms with Crippen molar-refractivity contribution in [2.24, 2.45) is 0 Å². The maximum absolute atomic E-state index is 12.3. The van der Waals surface area contributed by atoms with E-state index >= 15 is 0 Å². The molecule has 0 N–H and O–H groups in total. The maximum Gasteiger partial charge on any atom is 0.123 e. The van der Waals surface area contributed by atoms with Gasteiger partial charge in [0.15, 0.2) is 0 Å². The van der Waals surface area contributed by atoms with Crippen LogP contribution in [0.5, 0.6) is 5.75 Å². The molecule has 0 saturated carbocycles. The Kier molecular flexibility index (Phi) is 8.55. The third-order valence-electron chi connectivity index (χ3n) is 2.72. The Labute approximate surface area is 153 Å². The van der Waals surface area contributed by atoms with E-state index in [1.54, 1.807) is 6.07 Å². The Hall–Kier alpha value is -0.370. The molecule has 0 unspecified atom stereocenters. The van der Waals surface area contributed by atoms with Crippen LogP contribution in [0.1, 0.15) is 24.5 Å². The molecular weight excluding hydrogens is 493 g/mol. The van der Waals surface area contributed by atoms with Gasteiger partial charge in [0.25, 0.3) is 0 Å². The third kappa shape index (κ3) is 6.95. The molecule has 0 amide bonds. The lowest BCUT2D eigenvalue weighted by atomic mass is 10.2. The standard InChI is InChI=1S/C10H13IO.C7H6FI/c1-3-6-12-9-4-5-10(11)8(2)7-9;1-5-4-6(8)2-3-7(5)9/h4-5,7H,3,6H2,1-2H3;2-4H,1H3. The minimum absolute atomic E-state index is 0.159. The van der Waals surface area contributed by atoms with Crippen LogP contribution in [0.4, 0.5) is 4.39 Å². The number of ether oxygens (including phenoxy) is 1. The van der Waals surface area contributed by atoms with Crippen LogP contribution in [0.15, 0.2) is 36.4 Å². The van der Waals surface area contributed by atoms with Crippen LogP contribution in [0, 0.1) is 26.8 Å². The number of hydrogen-bond donors (Lipinski definition) is 0. The molecule has 0 fully saturated rings. The van der Waals surface area contributed by atoms with Crippen LogP contribution in [0.3, 0.4) is 0 Å². The highest BCUT2D eigenvalue weighted by Crippen LogP contribution is 2.18. The zero-order valence-electron chi connectivity index (χ0n) is 12.4. The summed E-state index contributed by atoms with van der Waals surface area (Å²) in [5, 5.41) is 0. The molecule has 0 aliphatic heterocycles. The second-order valence-corrected chi connectivity index (χ2v) is 6.98. The van der Waals surface area contributed by atoms with Crippen molar-refractivity contribution in [3.05, 3.63) is 60.5 Å². The van der Waals surface area contributed by atoms with Crippen LogP contribution < -0.4 is 4.74 Å². The van der Waals surface area contributed by atoms with Crippen molar-refractivity contribution in [2.75, 3.05) is 6.61 Å². The molecule has 0 heterocycles. The summed E-state index contributed by atoms with van der Waals surface area (Å²) < 4.78 is 20.2. The van der Waals surface area contributed by atoms with Gasteiger partial charge in [-0.05, 0) is 113 Å². The van der Waals surface area contributed by atoms with E-state index in [-0.39, 0.29) is 5.82 Å². The first-order chi connectivity index (χ1) is 9.93. The van der Waals surface area contributed by atoms with Crippen molar-refractivity contribution < 1.29 is 9.13 Å². The van der Waals surface area contributed by atoms with E-state index in [4.69, 9.17) is 4.74 Å². The van der Waals surface area contributed by atoms with Gasteiger partial charge in [0.2, 0.25) is 0 Å². The quantitative estimate of drug-likeness (QED) is 0.450. The zero-order chi connectivity index (χ0) is 15.8. The minimum atomic E-state index is -0.159. The summed E-state index contributed by atoms with van der Waals surface area (Å²) in [6.45, 7) is 6.91. The monoisotopic (exact) mass is 512 g/mol. The second kappa shape index (κ2) is 9.61. The van der Waals surface area contributed by atoms with Gasteiger partial charge >= 0.3 is 0 Å². The van der Waals surface area contributed by atoms with E-state index in [0.717, 1.165) is 27.9 Å². The summed E-state index contributed by atoms with van der Waals surface area (Å²) in [5.74, 6) is 0.822. The Morgan fingerprint density at radius 1 is 0.952 bits per heavy atom. The van der Waals surface area contributed by atoms with Crippen LogP contribution in [0.25, 0.3) is 0 Å². The van der Waals surface area contributed by atoms with Crippen LogP contribution in [0.2, 0.25) is 0 Å². The fourth-order valence-corrected chi connectivity index (χ4v) is 2.21. The van der Waals surface area contributed by atoms with Crippen LogP contribution in [-0.4, -0.2) is 6.61 Å². The van der Waals surface area contributed by atoms with Gasteiger partial charge in [0, 0.05) is 7.14 Å². The Morgan fingerprint density at radius 3 is 2.00 bits per heavy atom. The fourth-order valence-electron chi connectivity index (χ4n) is 1.53. The third-order valence-corrected chi connectivity index (χ3v) is 5.14. The lowest BCUT2D eigenvalue weighted by Crippen LogP contribution is -1.95. The zero-order valence-corrected chi connectivity index (χ0v) is 16.7. The number of halogens is 3. The first-order valence-corrected chi connectivity index (χ1v) is 8.90. The summed E-state index contributed by atoms with van der Waals surface area (Å²) in [6.07, 6.45) is 1.06. The second-order valence-electron chi connectivity index (χ2n) is 4.65. The maximum atomic E-state index is 12.3. The van der Waals surface area contributed by atoms with E-state index in [1.807, 2.05) is 13.0 Å². The molecule has 2 aromatic carbocycles. The number of benzene rings is 2. The molecular formula is C17H19FI2O. The summed E-state index contributed by atoms with van der Waals surface area (Å²) in [4.78, 5) is 0. The molecule has 114 valence electrons. The largest absolute Gasteiger partial charge is 0.494 e. The van der Waals surface area contributed by atoms with Crippen LogP contribution in [-0.2, 0) is 0 Å². The molecule has 0 spiro atoms. The van der Waals surface area contributed by atoms with E-state index in [2.05, 4.69) is 71.2 Å². The highest BCUT2D eigenvalue weighted by molar-refractivity contribution is 14.1. The Balaban J connectivity index is 0.000000219. The molecule has 0 saturated heterocycles. The average Bonchev–Trinajstić information content (AvgIpc) is 2.45. The molecule has 21 heavy (non-hydrogen) atoms. The van der Waals surface area contributed by atoms with Gasteiger partial charge in [-0.1, -0.05) is 6.92 Å². The summed E-state index contributed by atoms with van der Waals surface area (Å²) in [7, 11) is 0. The molecule has 0 aliphatic rings. The number of aryl methyl sites for hydroxylation is 2.